The van der Waals surface area contributed by atoms with Crippen molar-refractivity contribution in [1.82, 2.24) is 5.32 Å². The predicted octanol–water partition coefficient (Wildman–Crippen LogP) is 3.69. The van der Waals surface area contributed by atoms with Crippen molar-refractivity contribution in [1.29, 1.82) is 0 Å². The Morgan fingerprint density at radius 1 is 1.07 bits per heavy atom. The minimum Gasteiger partial charge on any atom is -0.490 e. The Morgan fingerprint density at radius 2 is 1.86 bits per heavy atom. The summed E-state index contributed by atoms with van der Waals surface area (Å²) in [5.74, 6) is -0.117. The molecule has 0 heterocycles. The summed E-state index contributed by atoms with van der Waals surface area (Å²) in [6.45, 7) is 1.74. The zero-order chi connectivity index (χ0) is 20.6. The lowest BCUT2D eigenvalue weighted by atomic mass is 9.94. The Hall–Kier alpha value is -3.02. The zero-order valence-corrected chi connectivity index (χ0v) is 16.6. The van der Waals surface area contributed by atoms with Crippen LogP contribution in [0.5, 0.6) is 11.5 Å². The molecule has 29 heavy (non-hydrogen) atoms. The first-order valence-electron chi connectivity index (χ1n) is 10.0. The molecule has 2 unspecified atom stereocenters. The Morgan fingerprint density at radius 3 is 2.59 bits per heavy atom. The number of rotatable bonds is 9. The Labute approximate surface area is 170 Å². The minimum atomic E-state index is -1.07. The number of carbonyl (C=O) groups is 2. The third-order valence-electron chi connectivity index (χ3n) is 5.17. The van der Waals surface area contributed by atoms with Gasteiger partial charge in [0.2, 0.25) is 0 Å². The van der Waals surface area contributed by atoms with Gasteiger partial charge >= 0.3 is 5.97 Å². The molecule has 0 bridgehead atoms. The van der Waals surface area contributed by atoms with Gasteiger partial charge in [0.1, 0.15) is 0 Å². The molecule has 0 saturated heterocycles. The number of carbonyl (C=O) groups excluding carboxylic acids is 1. The van der Waals surface area contributed by atoms with Gasteiger partial charge in [0.25, 0.3) is 5.91 Å². The fourth-order valence-electron chi connectivity index (χ4n) is 3.82. The topological polar surface area (TPSA) is 84.9 Å². The van der Waals surface area contributed by atoms with Crippen molar-refractivity contribution in [2.45, 2.75) is 38.6 Å². The van der Waals surface area contributed by atoms with Gasteiger partial charge in [-0.2, -0.15) is 0 Å². The van der Waals surface area contributed by atoms with E-state index in [1.165, 1.54) is 5.56 Å². The van der Waals surface area contributed by atoms with Crippen LogP contribution >= 0.6 is 0 Å². The van der Waals surface area contributed by atoms with Gasteiger partial charge in [-0.05, 0) is 55.9 Å². The van der Waals surface area contributed by atoms with E-state index in [1.54, 1.807) is 18.2 Å². The van der Waals surface area contributed by atoms with Gasteiger partial charge in [-0.25, -0.2) is 4.79 Å². The van der Waals surface area contributed by atoms with Gasteiger partial charge in [0.05, 0.1) is 6.61 Å². The van der Waals surface area contributed by atoms with Crippen molar-refractivity contribution in [2.24, 2.45) is 5.92 Å². The number of hydrogen-bond donors (Lipinski definition) is 2. The monoisotopic (exact) mass is 397 g/mol. The minimum absolute atomic E-state index is 0.140. The highest BCUT2D eigenvalue weighted by atomic mass is 16.5. The molecule has 3 rings (SSSR count). The van der Waals surface area contributed by atoms with Crippen LogP contribution in [-0.2, 0) is 11.2 Å². The molecule has 1 aliphatic rings. The van der Waals surface area contributed by atoms with Gasteiger partial charge < -0.3 is 19.9 Å². The summed E-state index contributed by atoms with van der Waals surface area (Å²) in [6.07, 6.45) is 4.14. The average molecular weight is 397 g/mol. The van der Waals surface area contributed by atoms with E-state index in [0.717, 1.165) is 25.7 Å². The molecule has 0 aromatic heterocycles. The van der Waals surface area contributed by atoms with E-state index in [-0.39, 0.29) is 11.9 Å². The molecule has 2 atom stereocenters. The van der Waals surface area contributed by atoms with Crippen molar-refractivity contribution >= 4 is 11.9 Å². The number of carboxylic acid groups (broad SMARTS) is 1. The third kappa shape index (κ3) is 5.73. The summed E-state index contributed by atoms with van der Waals surface area (Å²) in [7, 11) is 0. The van der Waals surface area contributed by atoms with Crippen molar-refractivity contribution in [3.8, 4) is 11.5 Å². The molecule has 1 aliphatic carbocycles. The second-order valence-corrected chi connectivity index (χ2v) is 7.24. The van der Waals surface area contributed by atoms with E-state index >= 15 is 0 Å². The highest BCUT2D eigenvalue weighted by Crippen LogP contribution is 2.31. The number of carboxylic acids is 1. The summed E-state index contributed by atoms with van der Waals surface area (Å²) in [5, 5.41) is 12.0. The largest absolute Gasteiger partial charge is 0.490 e. The molecule has 6 nitrogen and oxygen atoms in total. The number of hydrogen-bond acceptors (Lipinski definition) is 4. The number of aliphatic carboxylic acids is 1. The van der Waals surface area contributed by atoms with Crippen molar-refractivity contribution in [3.05, 3.63) is 59.7 Å². The molecule has 2 N–H and O–H groups in total. The van der Waals surface area contributed by atoms with E-state index in [1.807, 2.05) is 25.1 Å². The molecule has 6 heteroatoms. The first-order valence-corrected chi connectivity index (χ1v) is 10.0. The highest BCUT2D eigenvalue weighted by Gasteiger charge is 2.29. The van der Waals surface area contributed by atoms with E-state index in [9.17, 15) is 9.59 Å². The maximum atomic E-state index is 12.8. The van der Waals surface area contributed by atoms with Crippen LogP contribution in [0.15, 0.2) is 48.5 Å². The quantitative estimate of drug-likeness (QED) is 0.674. The molecule has 1 amide bonds. The Kier molecular flexibility index (Phi) is 7.11. The summed E-state index contributed by atoms with van der Waals surface area (Å²) >= 11 is 0. The maximum Gasteiger partial charge on any atom is 0.341 e. The molecule has 2 aromatic rings. The first kappa shape index (κ1) is 20.7. The van der Waals surface area contributed by atoms with E-state index < -0.39 is 12.6 Å². The van der Waals surface area contributed by atoms with Crippen molar-refractivity contribution in [3.63, 3.8) is 0 Å². The second kappa shape index (κ2) is 9.96. The predicted molar refractivity (Wildman–Crippen MR) is 109 cm³/mol. The smallest absolute Gasteiger partial charge is 0.341 e. The average Bonchev–Trinajstić information content (AvgIpc) is 3.14. The van der Waals surface area contributed by atoms with Gasteiger partial charge in [-0.1, -0.05) is 36.8 Å². The van der Waals surface area contributed by atoms with Crippen LogP contribution in [0.25, 0.3) is 0 Å². The third-order valence-corrected chi connectivity index (χ3v) is 5.17. The number of benzene rings is 2. The van der Waals surface area contributed by atoms with Crippen LogP contribution in [0.1, 0.15) is 42.1 Å². The lowest BCUT2D eigenvalue weighted by molar-refractivity contribution is -0.139. The van der Waals surface area contributed by atoms with E-state index in [4.69, 9.17) is 14.6 Å². The van der Waals surface area contributed by atoms with Crippen LogP contribution in [0.2, 0.25) is 0 Å². The molecule has 0 spiro atoms. The van der Waals surface area contributed by atoms with E-state index in [2.05, 4.69) is 17.4 Å². The van der Waals surface area contributed by atoms with E-state index in [0.29, 0.717) is 29.6 Å². The molecule has 1 fully saturated rings. The van der Waals surface area contributed by atoms with Gasteiger partial charge in [0, 0.05) is 11.6 Å². The van der Waals surface area contributed by atoms with Gasteiger partial charge in [-0.15, -0.1) is 0 Å². The zero-order valence-electron chi connectivity index (χ0n) is 16.6. The number of nitrogens with one attached hydrogen (secondary N) is 1. The van der Waals surface area contributed by atoms with Crippen LogP contribution < -0.4 is 14.8 Å². The normalized spacial score (nSPS) is 18.2. The van der Waals surface area contributed by atoms with Gasteiger partial charge in [0.15, 0.2) is 18.1 Å². The van der Waals surface area contributed by atoms with Crippen molar-refractivity contribution < 1.29 is 24.2 Å². The summed E-state index contributed by atoms with van der Waals surface area (Å²) < 4.78 is 10.8. The van der Waals surface area contributed by atoms with Crippen LogP contribution in [-0.4, -0.2) is 36.2 Å². The molecule has 154 valence electrons. The maximum absolute atomic E-state index is 12.8. The lowest BCUT2D eigenvalue weighted by Gasteiger charge is -2.21. The summed E-state index contributed by atoms with van der Waals surface area (Å²) in [6, 6.07) is 15.3. The molecule has 0 radical (unpaired) electrons. The Balaban J connectivity index is 1.67. The van der Waals surface area contributed by atoms with Gasteiger partial charge in [-0.3, -0.25) is 4.79 Å². The fourth-order valence-corrected chi connectivity index (χ4v) is 3.82. The number of amides is 1. The Bertz CT molecular complexity index is 836. The molecular weight excluding hydrogens is 370 g/mol. The SMILES string of the molecule is CCOc1cc(C(=O)NC2CCCC2Cc2ccccc2)ccc1OCC(=O)O. The first-order chi connectivity index (χ1) is 14.1. The molecule has 1 saturated carbocycles. The molecular formula is C23H27NO5. The highest BCUT2D eigenvalue weighted by molar-refractivity contribution is 5.95. The fraction of sp³-hybridized carbons (Fsp3) is 0.391. The summed E-state index contributed by atoms with van der Waals surface area (Å²) in [4.78, 5) is 23.6. The standard InChI is InChI=1S/C23H27NO5/c1-2-28-21-14-18(11-12-20(21)29-15-22(25)26)23(27)24-19-10-6-9-17(19)13-16-7-4-3-5-8-16/h3-5,7-8,11-12,14,17,19H,2,6,9-10,13,15H2,1H3,(H,24,27)(H,25,26). The van der Waals surface area contributed by atoms with Crippen LogP contribution in [0.4, 0.5) is 0 Å². The lowest BCUT2D eigenvalue weighted by Crippen LogP contribution is -2.38. The summed E-state index contributed by atoms with van der Waals surface area (Å²) in [5.41, 5.74) is 1.76. The second-order valence-electron chi connectivity index (χ2n) is 7.24. The van der Waals surface area contributed by atoms with Crippen LogP contribution in [0, 0.1) is 5.92 Å². The van der Waals surface area contributed by atoms with Crippen molar-refractivity contribution in [2.75, 3.05) is 13.2 Å². The number of ether oxygens (including phenoxy) is 2. The van der Waals surface area contributed by atoms with Crippen LogP contribution in [0.3, 0.4) is 0 Å². The molecule has 2 aromatic carbocycles. The molecule has 0 aliphatic heterocycles.